The number of aromatic amines is 1. The molecule has 130 valence electrons. The maximum Gasteiger partial charge on any atom is 0.264 e. The highest BCUT2D eigenvalue weighted by Gasteiger charge is 2.25. The second kappa shape index (κ2) is 6.94. The number of carbonyl (C=O) groups is 1. The summed E-state index contributed by atoms with van der Waals surface area (Å²) in [5.74, 6) is 0.456. The van der Waals surface area contributed by atoms with E-state index in [0.717, 1.165) is 30.0 Å². The molecule has 6 nitrogen and oxygen atoms in total. The molecule has 1 aromatic heterocycles. The molecule has 1 amide bonds. The van der Waals surface area contributed by atoms with Crippen molar-refractivity contribution in [2.45, 2.75) is 19.3 Å². The van der Waals surface area contributed by atoms with Gasteiger partial charge in [-0.2, -0.15) is 8.42 Å². The number of amides is 1. The fourth-order valence-electron chi connectivity index (χ4n) is 3.21. The summed E-state index contributed by atoms with van der Waals surface area (Å²) in [6.07, 6.45) is 5.30. The molecule has 1 aliphatic rings. The van der Waals surface area contributed by atoms with Gasteiger partial charge in [-0.25, -0.2) is 0 Å². The molecule has 0 bridgehead atoms. The van der Waals surface area contributed by atoms with Gasteiger partial charge < -0.3 is 9.88 Å². The summed E-state index contributed by atoms with van der Waals surface area (Å²) in [5.41, 5.74) is 1.68. The third-order valence-electron chi connectivity index (χ3n) is 4.54. The Morgan fingerprint density at radius 1 is 1.29 bits per heavy atom. The van der Waals surface area contributed by atoms with Gasteiger partial charge in [0.15, 0.2) is 0 Å². The number of rotatable bonds is 5. The lowest BCUT2D eigenvalue weighted by Gasteiger charge is -2.31. The Labute approximate surface area is 141 Å². The van der Waals surface area contributed by atoms with Crippen LogP contribution in [-0.4, -0.2) is 50.2 Å². The van der Waals surface area contributed by atoms with E-state index in [2.05, 4.69) is 4.98 Å². The van der Waals surface area contributed by atoms with Crippen molar-refractivity contribution in [2.75, 3.05) is 26.0 Å². The number of carbonyl (C=O) groups excluding carboxylic acids is 1. The highest BCUT2D eigenvalue weighted by molar-refractivity contribution is 7.85. The van der Waals surface area contributed by atoms with Crippen molar-refractivity contribution in [3.05, 3.63) is 36.0 Å². The van der Waals surface area contributed by atoms with Crippen LogP contribution in [0.3, 0.4) is 0 Å². The second-order valence-electron chi connectivity index (χ2n) is 6.30. The van der Waals surface area contributed by atoms with Crippen LogP contribution in [0, 0.1) is 5.92 Å². The quantitative estimate of drug-likeness (QED) is 0.840. The minimum absolute atomic E-state index is 0.0540. The summed E-state index contributed by atoms with van der Waals surface area (Å²) in [4.78, 5) is 17.7. The number of piperidine rings is 1. The zero-order valence-electron chi connectivity index (χ0n) is 13.7. The molecule has 7 heteroatoms. The molecular weight excluding hydrogens is 328 g/mol. The molecule has 1 fully saturated rings. The largest absolute Gasteiger partial charge is 0.360 e. The molecular formula is C17H22N2O4S. The van der Waals surface area contributed by atoms with E-state index in [1.54, 1.807) is 6.20 Å². The van der Waals surface area contributed by atoms with Gasteiger partial charge in [0.2, 0.25) is 0 Å². The van der Waals surface area contributed by atoms with Crippen molar-refractivity contribution < 1.29 is 17.4 Å². The Balaban J connectivity index is 1.56. The van der Waals surface area contributed by atoms with E-state index in [0.29, 0.717) is 31.0 Å². The van der Waals surface area contributed by atoms with Gasteiger partial charge in [0.25, 0.3) is 16.0 Å². The number of benzene rings is 1. The molecule has 0 spiro atoms. The maximum absolute atomic E-state index is 12.7. The number of fused-ring (bicyclic) bond motifs is 1. The standard InChI is InChI=1S/C17H22N2O4S/c1-24(21,22)23-11-8-13-6-9-19(10-7-13)17(20)15-12-18-16-5-3-2-4-14(15)16/h2-5,12-13,18H,6-11H2,1H3. The van der Waals surface area contributed by atoms with Crippen LogP contribution < -0.4 is 0 Å². The van der Waals surface area contributed by atoms with E-state index in [1.807, 2.05) is 29.2 Å². The fraction of sp³-hybridized carbons (Fsp3) is 0.471. The Bertz CT molecular complexity index is 820. The first-order valence-corrected chi connectivity index (χ1v) is 9.95. The van der Waals surface area contributed by atoms with Gasteiger partial charge in [0.1, 0.15) is 0 Å². The normalized spacial score (nSPS) is 16.6. The molecule has 0 radical (unpaired) electrons. The van der Waals surface area contributed by atoms with E-state index in [9.17, 15) is 13.2 Å². The zero-order chi connectivity index (χ0) is 17.2. The minimum atomic E-state index is -3.37. The summed E-state index contributed by atoms with van der Waals surface area (Å²) in [7, 11) is -3.37. The van der Waals surface area contributed by atoms with Crippen molar-refractivity contribution in [3.63, 3.8) is 0 Å². The molecule has 0 aliphatic carbocycles. The number of hydrogen-bond acceptors (Lipinski definition) is 4. The first-order chi connectivity index (χ1) is 11.4. The van der Waals surface area contributed by atoms with Crippen LogP contribution in [0.2, 0.25) is 0 Å². The summed E-state index contributed by atoms with van der Waals surface area (Å²) in [5, 5.41) is 0.950. The van der Waals surface area contributed by atoms with Crippen molar-refractivity contribution in [2.24, 2.45) is 5.92 Å². The van der Waals surface area contributed by atoms with Crippen LogP contribution in [0.4, 0.5) is 0 Å². The minimum Gasteiger partial charge on any atom is -0.360 e. The lowest BCUT2D eigenvalue weighted by molar-refractivity contribution is 0.0683. The number of likely N-dealkylation sites (tertiary alicyclic amines) is 1. The monoisotopic (exact) mass is 350 g/mol. The number of H-pyrrole nitrogens is 1. The maximum atomic E-state index is 12.7. The van der Waals surface area contributed by atoms with Crippen LogP contribution in [0.15, 0.2) is 30.5 Å². The Kier molecular flexibility index (Phi) is 4.91. The van der Waals surface area contributed by atoms with Gasteiger partial charge in [0.05, 0.1) is 18.4 Å². The average Bonchev–Trinajstić information content (AvgIpc) is 2.98. The third kappa shape index (κ3) is 3.96. The zero-order valence-corrected chi connectivity index (χ0v) is 14.5. The molecule has 0 unspecified atom stereocenters. The fourth-order valence-corrected chi connectivity index (χ4v) is 3.61. The number of para-hydroxylation sites is 1. The van der Waals surface area contributed by atoms with Crippen molar-refractivity contribution >= 4 is 26.9 Å². The molecule has 2 aromatic rings. The van der Waals surface area contributed by atoms with Crippen LogP contribution >= 0.6 is 0 Å². The molecule has 3 rings (SSSR count). The van der Waals surface area contributed by atoms with Gasteiger partial charge in [-0.3, -0.25) is 8.98 Å². The third-order valence-corrected chi connectivity index (χ3v) is 5.14. The van der Waals surface area contributed by atoms with Crippen molar-refractivity contribution in [1.29, 1.82) is 0 Å². The van der Waals surface area contributed by atoms with Crippen LogP contribution in [-0.2, 0) is 14.3 Å². The van der Waals surface area contributed by atoms with Crippen molar-refractivity contribution in [3.8, 4) is 0 Å². The molecule has 1 aromatic carbocycles. The van der Waals surface area contributed by atoms with E-state index in [-0.39, 0.29) is 12.5 Å². The molecule has 0 saturated carbocycles. The Hall–Kier alpha value is -1.86. The van der Waals surface area contributed by atoms with Gasteiger partial charge in [-0.15, -0.1) is 0 Å². The number of nitrogens with one attached hydrogen (secondary N) is 1. The van der Waals surface area contributed by atoms with E-state index in [4.69, 9.17) is 4.18 Å². The average molecular weight is 350 g/mol. The first-order valence-electron chi connectivity index (χ1n) is 8.14. The van der Waals surface area contributed by atoms with E-state index >= 15 is 0 Å². The first kappa shape index (κ1) is 17.0. The summed E-state index contributed by atoms with van der Waals surface area (Å²) < 4.78 is 26.8. The topological polar surface area (TPSA) is 79.5 Å². The smallest absolute Gasteiger partial charge is 0.264 e. The Morgan fingerprint density at radius 3 is 2.71 bits per heavy atom. The van der Waals surface area contributed by atoms with Crippen LogP contribution in [0.1, 0.15) is 29.6 Å². The van der Waals surface area contributed by atoms with Gasteiger partial charge >= 0.3 is 0 Å². The Morgan fingerprint density at radius 2 is 2.00 bits per heavy atom. The van der Waals surface area contributed by atoms with Gasteiger partial charge in [-0.1, -0.05) is 18.2 Å². The molecule has 2 heterocycles. The van der Waals surface area contributed by atoms with Crippen LogP contribution in [0.5, 0.6) is 0 Å². The molecule has 0 atom stereocenters. The number of aromatic nitrogens is 1. The van der Waals surface area contributed by atoms with Gasteiger partial charge in [0, 0.05) is 30.2 Å². The van der Waals surface area contributed by atoms with Crippen molar-refractivity contribution in [1.82, 2.24) is 9.88 Å². The molecule has 1 N–H and O–H groups in total. The SMILES string of the molecule is CS(=O)(=O)OCCC1CCN(C(=O)c2c[nH]c3ccccc23)CC1. The van der Waals surface area contributed by atoms with Crippen LogP contribution in [0.25, 0.3) is 10.9 Å². The number of hydrogen-bond donors (Lipinski definition) is 1. The lowest BCUT2D eigenvalue weighted by Crippen LogP contribution is -2.38. The second-order valence-corrected chi connectivity index (χ2v) is 7.94. The summed E-state index contributed by atoms with van der Waals surface area (Å²) in [6.45, 7) is 1.61. The lowest BCUT2D eigenvalue weighted by atomic mass is 9.93. The summed E-state index contributed by atoms with van der Waals surface area (Å²) in [6, 6.07) is 7.78. The van der Waals surface area contributed by atoms with E-state index in [1.165, 1.54) is 0 Å². The molecule has 24 heavy (non-hydrogen) atoms. The highest BCUT2D eigenvalue weighted by atomic mass is 32.2. The predicted octanol–water partition coefficient (Wildman–Crippen LogP) is 2.39. The molecule has 1 aliphatic heterocycles. The summed E-state index contributed by atoms with van der Waals surface area (Å²) >= 11 is 0. The number of nitrogens with zero attached hydrogens (tertiary/aromatic N) is 1. The molecule has 1 saturated heterocycles. The highest BCUT2D eigenvalue weighted by Crippen LogP contribution is 2.24. The predicted molar refractivity (Wildman–Crippen MR) is 92.3 cm³/mol. The van der Waals surface area contributed by atoms with Gasteiger partial charge in [-0.05, 0) is 31.2 Å². The van der Waals surface area contributed by atoms with E-state index < -0.39 is 10.1 Å².